The molecule has 3 aromatic rings. The summed E-state index contributed by atoms with van der Waals surface area (Å²) in [6.07, 6.45) is 0.603. The van der Waals surface area contributed by atoms with Crippen molar-refractivity contribution in [1.82, 2.24) is 15.4 Å². The minimum atomic E-state index is -0.454. The number of nitrogens with zero attached hydrogens (tertiary/aromatic N) is 1. The summed E-state index contributed by atoms with van der Waals surface area (Å²) < 4.78 is 20.1. The molecule has 2 aromatic carbocycles. The molecule has 1 aromatic heterocycles. The maximum Gasteiger partial charge on any atom is 0.419 e. The van der Waals surface area contributed by atoms with E-state index in [-0.39, 0.29) is 23.1 Å². The highest BCUT2D eigenvalue weighted by atomic mass is 32.1. The van der Waals surface area contributed by atoms with Gasteiger partial charge >= 0.3 is 5.76 Å². The predicted octanol–water partition coefficient (Wildman–Crippen LogP) is 2.53. The average Bonchev–Trinajstić information content (AvgIpc) is 2.97. The fraction of sp³-hybridized carbons (Fsp3) is 0.167. The van der Waals surface area contributed by atoms with E-state index in [1.807, 2.05) is 6.07 Å². The highest BCUT2D eigenvalue weighted by Crippen LogP contribution is 2.13. The number of anilines is 1. The van der Waals surface area contributed by atoms with Gasteiger partial charge in [0, 0.05) is 13.0 Å². The Kier molecular flexibility index (Phi) is 5.82. The van der Waals surface area contributed by atoms with Gasteiger partial charge in [-0.15, -0.1) is 0 Å². The molecule has 27 heavy (non-hydrogen) atoms. The quantitative estimate of drug-likeness (QED) is 0.460. The molecule has 0 spiro atoms. The van der Waals surface area contributed by atoms with Crippen LogP contribution in [-0.2, 0) is 11.3 Å². The van der Waals surface area contributed by atoms with E-state index in [4.69, 9.17) is 16.6 Å². The van der Waals surface area contributed by atoms with Crippen LogP contribution in [0.5, 0.6) is 0 Å². The number of carbonyl (C=O) groups is 1. The van der Waals surface area contributed by atoms with Crippen LogP contribution in [0.15, 0.2) is 57.7 Å². The number of aromatic nitrogens is 1. The fourth-order valence-electron chi connectivity index (χ4n) is 2.53. The Balaban J connectivity index is 1.44. The molecular formula is C18H17FN4O3S. The molecule has 9 heteroatoms. The number of para-hydroxylation sites is 3. The molecule has 0 aliphatic heterocycles. The highest BCUT2D eigenvalue weighted by molar-refractivity contribution is 7.80. The van der Waals surface area contributed by atoms with Gasteiger partial charge in [-0.1, -0.05) is 24.3 Å². The molecule has 1 amide bonds. The van der Waals surface area contributed by atoms with Gasteiger partial charge in [0.1, 0.15) is 5.82 Å². The van der Waals surface area contributed by atoms with Gasteiger partial charge in [0.2, 0.25) is 5.91 Å². The number of nitrogens with one attached hydrogen (secondary N) is 3. The lowest BCUT2D eigenvalue weighted by Gasteiger charge is -2.12. The van der Waals surface area contributed by atoms with Crippen molar-refractivity contribution in [3.05, 3.63) is 64.9 Å². The first kappa shape index (κ1) is 18.6. The van der Waals surface area contributed by atoms with Crippen LogP contribution < -0.4 is 21.9 Å². The molecule has 0 aliphatic rings. The van der Waals surface area contributed by atoms with Gasteiger partial charge < -0.3 is 9.73 Å². The maximum absolute atomic E-state index is 13.5. The Morgan fingerprint density at radius 1 is 1.11 bits per heavy atom. The van der Waals surface area contributed by atoms with Gasteiger partial charge in [-0.25, -0.2) is 9.18 Å². The zero-order valence-electron chi connectivity index (χ0n) is 14.2. The van der Waals surface area contributed by atoms with Crippen LogP contribution >= 0.6 is 12.2 Å². The smallest absolute Gasteiger partial charge is 0.408 e. The van der Waals surface area contributed by atoms with Crippen molar-refractivity contribution >= 4 is 40.0 Å². The first-order valence-electron chi connectivity index (χ1n) is 8.23. The standard InChI is InChI=1S/C18H17FN4O3S/c19-12-6-1-2-7-13(12)20-17(27)22-21-16(24)10-5-11-23-14-8-3-4-9-15(14)26-18(23)25/h1-4,6-9H,5,10-11H2,(H,21,24)(H2,20,22,27). The summed E-state index contributed by atoms with van der Waals surface area (Å²) in [5.74, 6) is -1.22. The number of halogens is 1. The third-order valence-electron chi connectivity index (χ3n) is 3.80. The largest absolute Gasteiger partial charge is 0.419 e. The van der Waals surface area contributed by atoms with Crippen LogP contribution in [0.1, 0.15) is 12.8 Å². The first-order chi connectivity index (χ1) is 13.0. The van der Waals surface area contributed by atoms with E-state index in [1.165, 1.54) is 16.7 Å². The number of benzene rings is 2. The van der Waals surface area contributed by atoms with E-state index in [0.717, 1.165) is 0 Å². The van der Waals surface area contributed by atoms with Gasteiger partial charge in [0.15, 0.2) is 10.7 Å². The Morgan fingerprint density at radius 3 is 2.67 bits per heavy atom. The first-order valence-corrected chi connectivity index (χ1v) is 8.64. The van der Waals surface area contributed by atoms with Gasteiger partial charge in [-0.2, -0.15) is 0 Å². The molecule has 0 fully saturated rings. The molecule has 7 nitrogen and oxygen atoms in total. The summed E-state index contributed by atoms with van der Waals surface area (Å²) in [5, 5.41) is 2.71. The molecule has 3 N–H and O–H groups in total. The van der Waals surface area contributed by atoms with Crippen molar-refractivity contribution in [2.75, 3.05) is 5.32 Å². The zero-order chi connectivity index (χ0) is 19.2. The number of amides is 1. The molecule has 0 radical (unpaired) electrons. The minimum Gasteiger partial charge on any atom is -0.408 e. The Bertz CT molecular complexity index is 1030. The van der Waals surface area contributed by atoms with Crippen LogP contribution in [0, 0.1) is 5.82 Å². The molecule has 0 aliphatic carbocycles. The SMILES string of the molecule is O=C(CCCn1c(=O)oc2ccccc21)NNC(=S)Nc1ccccc1F. The molecule has 0 saturated carbocycles. The summed E-state index contributed by atoms with van der Waals surface area (Å²) in [4.78, 5) is 23.8. The number of hydrogen-bond acceptors (Lipinski definition) is 4. The molecule has 0 atom stereocenters. The summed E-state index contributed by atoms with van der Waals surface area (Å²) in [7, 11) is 0. The van der Waals surface area contributed by atoms with E-state index in [1.54, 1.807) is 30.3 Å². The number of thiocarbonyl (C=S) groups is 1. The maximum atomic E-state index is 13.5. The van der Waals surface area contributed by atoms with Gasteiger partial charge in [-0.05, 0) is 42.9 Å². The van der Waals surface area contributed by atoms with Crippen LogP contribution in [-0.4, -0.2) is 15.6 Å². The summed E-state index contributed by atoms with van der Waals surface area (Å²) >= 11 is 5.00. The third kappa shape index (κ3) is 4.70. The highest BCUT2D eigenvalue weighted by Gasteiger charge is 2.09. The topological polar surface area (TPSA) is 88.3 Å². The van der Waals surface area contributed by atoms with Crippen molar-refractivity contribution in [2.24, 2.45) is 0 Å². The predicted molar refractivity (Wildman–Crippen MR) is 104 cm³/mol. The van der Waals surface area contributed by atoms with E-state index in [0.29, 0.717) is 24.1 Å². The number of carbonyl (C=O) groups excluding carboxylic acids is 1. The number of hydrogen-bond donors (Lipinski definition) is 3. The van der Waals surface area contributed by atoms with E-state index in [2.05, 4.69) is 16.2 Å². The van der Waals surface area contributed by atoms with Crippen molar-refractivity contribution in [3.8, 4) is 0 Å². The summed E-state index contributed by atoms with van der Waals surface area (Å²) in [5.41, 5.74) is 6.35. The molecule has 0 saturated heterocycles. The van der Waals surface area contributed by atoms with Crippen LogP contribution in [0.4, 0.5) is 10.1 Å². The van der Waals surface area contributed by atoms with Gasteiger partial charge in [-0.3, -0.25) is 20.2 Å². The van der Waals surface area contributed by atoms with Crippen LogP contribution in [0.2, 0.25) is 0 Å². The van der Waals surface area contributed by atoms with Crippen molar-refractivity contribution in [3.63, 3.8) is 0 Å². The van der Waals surface area contributed by atoms with Crippen molar-refractivity contribution in [2.45, 2.75) is 19.4 Å². The minimum absolute atomic E-state index is 0.0606. The summed E-state index contributed by atoms with van der Waals surface area (Å²) in [6, 6.07) is 13.1. The van der Waals surface area contributed by atoms with E-state index < -0.39 is 11.6 Å². The zero-order valence-corrected chi connectivity index (χ0v) is 15.0. The van der Waals surface area contributed by atoms with Crippen LogP contribution in [0.3, 0.4) is 0 Å². The second-order valence-electron chi connectivity index (χ2n) is 5.70. The number of aryl methyl sites for hydroxylation is 1. The van der Waals surface area contributed by atoms with Gasteiger partial charge in [0.25, 0.3) is 0 Å². The fourth-order valence-corrected chi connectivity index (χ4v) is 2.69. The average molecular weight is 388 g/mol. The van der Waals surface area contributed by atoms with Gasteiger partial charge in [0.05, 0.1) is 11.2 Å². The normalized spacial score (nSPS) is 10.6. The number of hydrazine groups is 1. The van der Waals surface area contributed by atoms with Crippen molar-refractivity contribution < 1.29 is 13.6 Å². The number of oxazole rings is 1. The monoisotopic (exact) mass is 388 g/mol. The van der Waals surface area contributed by atoms with Crippen molar-refractivity contribution in [1.29, 1.82) is 0 Å². The Labute approximate surface area is 159 Å². The second-order valence-corrected chi connectivity index (χ2v) is 6.11. The lowest BCUT2D eigenvalue weighted by atomic mass is 10.3. The lowest BCUT2D eigenvalue weighted by molar-refractivity contribution is -0.121. The Morgan fingerprint density at radius 2 is 1.85 bits per heavy atom. The molecule has 0 bridgehead atoms. The molecular weight excluding hydrogens is 371 g/mol. The van der Waals surface area contributed by atoms with Crippen LogP contribution in [0.25, 0.3) is 11.1 Å². The Hall–Kier alpha value is -3.20. The van der Waals surface area contributed by atoms with E-state index >= 15 is 0 Å². The second kappa shape index (κ2) is 8.45. The molecule has 140 valence electrons. The lowest BCUT2D eigenvalue weighted by Crippen LogP contribution is -2.43. The molecule has 1 heterocycles. The number of rotatable bonds is 5. The molecule has 0 unspecified atom stereocenters. The molecule has 3 rings (SSSR count). The summed E-state index contributed by atoms with van der Waals surface area (Å²) in [6.45, 7) is 0.348. The number of fused-ring (bicyclic) bond motifs is 1. The third-order valence-corrected chi connectivity index (χ3v) is 4.00. The van der Waals surface area contributed by atoms with E-state index in [9.17, 15) is 14.0 Å².